The third-order valence-corrected chi connectivity index (χ3v) is 2.09. The van der Waals surface area contributed by atoms with Crippen molar-refractivity contribution in [2.75, 3.05) is 5.32 Å². The van der Waals surface area contributed by atoms with Crippen LogP contribution in [0, 0.1) is 5.95 Å². The van der Waals surface area contributed by atoms with Crippen LogP contribution in [0.1, 0.15) is 26.2 Å². The van der Waals surface area contributed by atoms with E-state index >= 15 is 0 Å². The number of halogens is 1. The van der Waals surface area contributed by atoms with E-state index in [-0.39, 0.29) is 24.2 Å². The van der Waals surface area contributed by atoms with Gasteiger partial charge in [0.25, 0.3) is 0 Å². The Morgan fingerprint density at radius 1 is 1.62 bits per heavy atom. The minimum Gasteiger partial charge on any atom is -0.327 e. The fourth-order valence-electron chi connectivity index (χ4n) is 1.38. The van der Waals surface area contributed by atoms with E-state index in [0.717, 1.165) is 12.8 Å². The summed E-state index contributed by atoms with van der Waals surface area (Å²) in [5.74, 6) is -0.636. The molecule has 5 heteroatoms. The van der Waals surface area contributed by atoms with E-state index in [1.807, 2.05) is 6.92 Å². The molecule has 88 valence electrons. The standard InChI is InChI=1S/C11H16FN3O/c1-2-4-8(13)7-11(16)15-10-6-3-5-9(12)14-10/h3,5-6,8H,2,4,7,13H2,1H3,(H,14,15,16). The van der Waals surface area contributed by atoms with Gasteiger partial charge >= 0.3 is 0 Å². The first-order chi connectivity index (χ1) is 7.61. The van der Waals surface area contributed by atoms with Crippen molar-refractivity contribution >= 4 is 11.7 Å². The van der Waals surface area contributed by atoms with Crippen LogP contribution in [-0.4, -0.2) is 16.9 Å². The quantitative estimate of drug-likeness (QED) is 0.749. The molecule has 0 spiro atoms. The fourth-order valence-corrected chi connectivity index (χ4v) is 1.38. The highest BCUT2D eigenvalue weighted by atomic mass is 19.1. The van der Waals surface area contributed by atoms with Gasteiger partial charge in [0.15, 0.2) is 0 Å². The second-order valence-electron chi connectivity index (χ2n) is 3.65. The Balaban J connectivity index is 2.45. The zero-order valence-corrected chi connectivity index (χ0v) is 9.24. The number of pyridine rings is 1. The summed E-state index contributed by atoms with van der Waals surface area (Å²) in [4.78, 5) is 15.0. The van der Waals surface area contributed by atoms with Crippen LogP contribution in [0.2, 0.25) is 0 Å². The van der Waals surface area contributed by atoms with Crippen LogP contribution in [0.15, 0.2) is 18.2 Å². The molecule has 1 aromatic heterocycles. The number of nitrogens with two attached hydrogens (primary N) is 1. The van der Waals surface area contributed by atoms with Crippen LogP contribution >= 0.6 is 0 Å². The lowest BCUT2D eigenvalue weighted by Crippen LogP contribution is -2.27. The molecule has 16 heavy (non-hydrogen) atoms. The molecule has 1 heterocycles. The predicted octanol–water partition coefficient (Wildman–Crippen LogP) is 1.68. The minimum atomic E-state index is -0.615. The van der Waals surface area contributed by atoms with Crippen LogP contribution in [0.4, 0.5) is 10.2 Å². The molecule has 1 rings (SSSR count). The van der Waals surface area contributed by atoms with Crippen LogP contribution in [-0.2, 0) is 4.79 Å². The van der Waals surface area contributed by atoms with Gasteiger partial charge in [-0.25, -0.2) is 4.98 Å². The Kier molecular flexibility index (Phi) is 4.85. The smallest absolute Gasteiger partial charge is 0.227 e. The van der Waals surface area contributed by atoms with Crippen LogP contribution in [0.3, 0.4) is 0 Å². The molecular weight excluding hydrogens is 209 g/mol. The van der Waals surface area contributed by atoms with Crippen molar-refractivity contribution in [2.24, 2.45) is 5.73 Å². The molecule has 1 atom stereocenters. The lowest BCUT2D eigenvalue weighted by molar-refractivity contribution is -0.116. The maximum Gasteiger partial charge on any atom is 0.227 e. The van der Waals surface area contributed by atoms with Crippen molar-refractivity contribution in [2.45, 2.75) is 32.2 Å². The molecule has 0 aliphatic rings. The monoisotopic (exact) mass is 225 g/mol. The molecule has 0 fully saturated rings. The number of carbonyl (C=O) groups is 1. The van der Waals surface area contributed by atoms with E-state index in [2.05, 4.69) is 10.3 Å². The average Bonchev–Trinajstić information content (AvgIpc) is 2.17. The van der Waals surface area contributed by atoms with Crippen molar-refractivity contribution in [1.29, 1.82) is 0 Å². The number of aromatic nitrogens is 1. The van der Waals surface area contributed by atoms with Gasteiger partial charge in [0, 0.05) is 12.5 Å². The molecule has 0 bridgehead atoms. The molecule has 1 unspecified atom stereocenters. The van der Waals surface area contributed by atoms with E-state index < -0.39 is 5.95 Å². The maximum absolute atomic E-state index is 12.7. The minimum absolute atomic E-state index is 0.154. The lowest BCUT2D eigenvalue weighted by atomic mass is 10.1. The average molecular weight is 225 g/mol. The number of anilines is 1. The molecule has 0 saturated heterocycles. The Morgan fingerprint density at radius 2 is 2.38 bits per heavy atom. The molecule has 1 aromatic rings. The highest BCUT2D eigenvalue weighted by Gasteiger charge is 2.09. The van der Waals surface area contributed by atoms with Crippen LogP contribution < -0.4 is 11.1 Å². The van der Waals surface area contributed by atoms with Gasteiger partial charge in [0.2, 0.25) is 11.9 Å². The Labute approximate surface area is 94.1 Å². The number of amides is 1. The summed E-state index contributed by atoms with van der Waals surface area (Å²) in [6.07, 6.45) is 1.96. The fraction of sp³-hybridized carbons (Fsp3) is 0.455. The third-order valence-electron chi connectivity index (χ3n) is 2.09. The van der Waals surface area contributed by atoms with Gasteiger partial charge in [-0.2, -0.15) is 4.39 Å². The van der Waals surface area contributed by atoms with E-state index in [1.54, 1.807) is 0 Å². The molecule has 0 saturated carbocycles. The summed E-state index contributed by atoms with van der Waals surface area (Å²) >= 11 is 0. The largest absolute Gasteiger partial charge is 0.327 e. The first-order valence-corrected chi connectivity index (χ1v) is 5.29. The van der Waals surface area contributed by atoms with E-state index in [1.165, 1.54) is 18.2 Å². The number of hydrogen-bond donors (Lipinski definition) is 2. The SMILES string of the molecule is CCCC(N)CC(=O)Nc1cccc(F)n1. The van der Waals surface area contributed by atoms with Gasteiger partial charge in [0.1, 0.15) is 5.82 Å². The summed E-state index contributed by atoms with van der Waals surface area (Å²) in [5.41, 5.74) is 5.71. The normalized spacial score (nSPS) is 12.2. The summed E-state index contributed by atoms with van der Waals surface area (Å²) in [6, 6.07) is 4.09. The molecule has 4 nitrogen and oxygen atoms in total. The zero-order chi connectivity index (χ0) is 12.0. The lowest BCUT2D eigenvalue weighted by Gasteiger charge is -2.09. The summed E-state index contributed by atoms with van der Waals surface area (Å²) < 4.78 is 12.7. The van der Waals surface area contributed by atoms with E-state index in [4.69, 9.17) is 5.73 Å². The van der Waals surface area contributed by atoms with E-state index in [0.29, 0.717) is 0 Å². The second-order valence-corrected chi connectivity index (χ2v) is 3.65. The number of rotatable bonds is 5. The number of nitrogens with zero attached hydrogens (tertiary/aromatic N) is 1. The van der Waals surface area contributed by atoms with Gasteiger partial charge in [-0.05, 0) is 18.6 Å². The van der Waals surface area contributed by atoms with Crippen molar-refractivity contribution in [3.8, 4) is 0 Å². The van der Waals surface area contributed by atoms with Crippen LogP contribution in [0.5, 0.6) is 0 Å². The van der Waals surface area contributed by atoms with Gasteiger partial charge < -0.3 is 11.1 Å². The van der Waals surface area contributed by atoms with Gasteiger partial charge in [-0.1, -0.05) is 19.4 Å². The predicted molar refractivity (Wildman–Crippen MR) is 60.3 cm³/mol. The first kappa shape index (κ1) is 12.6. The Morgan fingerprint density at radius 3 is 3.00 bits per heavy atom. The molecule has 0 aliphatic heterocycles. The number of nitrogens with one attached hydrogen (secondary N) is 1. The van der Waals surface area contributed by atoms with Crippen molar-refractivity contribution in [3.05, 3.63) is 24.1 Å². The van der Waals surface area contributed by atoms with Gasteiger partial charge in [0.05, 0.1) is 0 Å². The van der Waals surface area contributed by atoms with E-state index in [9.17, 15) is 9.18 Å². The topological polar surface area (TPSA) is 68.0 Å². The molecule has 1 amide bonds. The number of carbonyl (C=O) groups excluding carboxylic acids is 1. The van der Waals surface area contributed by atoms with Crippen LogP contribution in [0.25, 0.3) is 0 Å². The Bertz CT molecular complexity index is 357. The molecule has 0 aliphatic carbocycles. The second kappa shape index (κ2) is 6.17. The Hall–Kier alpha value is -1.49. The molecular formula is C11H16FN3O. The van der Waals surface area contributed by atoms with Crippen molar-refractivity contribution < 1.29 is 9.18 Å². The van der Waals surface area contributed by atoms with Crippen molar-refractivity contribution in [3.63, 3.8) is 0 Å². The zero-order valence-electron chi connectivity index (χ0n) is 9.24. The van der Waals surface area contributed by atoms with Gasteiger partial charge in [-0.3, -0.25) is 4.79 Å². The molecule has 3 N–H and O–H groups in total. The molecule has 0 radical (unpaired) electrons. The highest BCUT2D eigenvalue weighted by Crippen LogP contribution is 2.05. The summed E-state index contributed by atoms with van der Waals surface area (Å²) in [6.45, 7) is 2.01. The molecule has 0 aromatic carbocycles. The number of hydrogen-bond acceptors (Lipinski definition) is 3. The summed E-state index contributed by atoms with van der Waals surface area (Å²) in [7, 11) is 0. The first-order valence-electron chi connectivity index (χ1n) is 5.29. The highest BCUT2D eigenvalue weighted by molar-refractivity contribution is 5.90. The van der Waals surface area contributed by atoms with Crippen molar-refractivity contribution in [1.82, 2.24) is 4.98 Å². The van der Waals surface area contributed by atoms with Gasteiger partial charge in [-0.15, -0.1) is 0 Å². The third kappa shape index (κ3) is 4.35. The summed E-state index contributed by atoms with van der Waals surface area (Å²) in [5, 5.41) is 2.50. The maximum atomic E-state index is 12.7.